The molecule has 2 aliphatic heterocycles. The number of carbonyl (C=O) groups is 1. The second-order valence-electron chi connectivity index (χ2n) is 8.83. The van der Waals surface area contributed by atoms with Crippen LogP contribution in [0, 0.1) is 10.8 Å². The smallest absolute Gasteiger partial charge is 0.260 e. The highest BCUT2D eigenvalue weighted by Crippen LogP contribution is 2.33. The zero-order valence-electron chi connectivity index (χ0n) is 20.5. The molecule has 2 aliphatic rings. The van der Waals surface area contributed by atoms with E-state index in [1.807, 2.05) is 33.0 Å². The van der Waals surface area contributed by atoms with Gasteiger partial charge in [-0.2, -0.15) is 0 Å². The monoisotopic (exact) mass is 462 g/mol. The first kappa shape index (κ1) is 23.8. The van der Waals surface area contributed by atoms with Gasteiger partial charge in [-0.25, -0.2) is 9.97 Å². The van der Waals surface area contributed by atoms with Gasteiger partial charge in [-0.15, -0.1) is 0 Å². The second-order valence-corrected chi connectivity index (χ2v) is 8.83. The number of hydrogen-bond acceptors (Lipinski definition) is 7. The predicted octanol–water partition coefficient (Wildman–Crippen LogP) is 3.38. The summed E-state index contributed by atoms with van der Waals surface area (Å²) in [5.74, 6) is 1.82. The van der Waals surface area contributed by atoms with Gasteiger partial charge in [0.25, 0.3) is 5.91 Å². The van der Waals surface area contributed by atoms with E-state index in [4.69, 9.17) is 15.8 Å². The molecule has 2 aromatic rings. The fourth-order valence-electron chi connectivity index (χ4n) is 4.79. The molecule has 180 valence electrons. The number of amidine groups is 2. The van der Waals surface area contributed by atoms with Crippen molar-refractivity contribution < 1.29 is 4.79 Å². The molecule has 0 unspecified atom stereocenters. The number of pyridine rings is 2. The molecule has 4 rings (SSSR count). The fourth-order valence-corrected chi connectivity index (χ4v) is 4.79. The highest BCUT2D eigenvalue weighted by Gasteiger charge is 2.34. The number of nitrogens with zero attached hydrogens (tertiary/aromatic N) is 5. The lowest BCUT2D eigenvalue weighted by Gasteiger charge is -2.24. The first-order chi connectivity index (χ1) is 16.4. The van der Waals surface area contributed by atoms with E-state index in [0.29, 0.717) is 55.0 Å². The highest BCUT2D eigenvalue weighted by molar-refractivity contribution is 6.11. The van der Waals surface area contributed by atoms with Crippen LogP contribution in [0.5, 0.6) is 0 Å². The summed E-state index contributed by atoms with van der Waals surface area (Å²) in [6.07, 6.45) is 2.80. The molecule has 0 saturated carbocycles. The summed E-state index contributed by atoms with van der Waals surface area (Å²) in [7, 11) is 1.89. The van der Waals surface area contributed by atoms with Crippen LogP contribution in [0.4, 0.5) is 11.6 Å². The average molecular weight is 463 g/mol. The third kappa shape index (κ3) is 4.27. The van der Waals surface area contributed by atoms with Crippen molar-refractivity contribution in [2.24, 2.45) is 0 Å². The van der Waals surface area contributed by atoms with Gasteiger partial charge in [0.05, 0.1) is 17.8 Å². The number of fused-ring (bicyclic) bond motifs is 1. The van der Waals surface area contributed by atoms with Crippen LogP contribution in [0.3, 0.4) is 0 Å². The van der Waals surface area contributed by atoms with E-state index >= 15 is 0 Å². The van der Waals surface area contributed by atoms with Crippen LogP contribution in [0.1, 0.15) is 67.3 Å². The Kier molecular flexibility index (Phi) is 6.92. The molecule has 4 heterocycles. The first-order valence-corrected chi connectivity index (χ1v) is 12.1. The van der Waals surface area contributed by atoms with E-state index < -0.39 is 0 Å². The summed E-state index contributed by atoms with van der Waals surface area (Å²) in [5, 5.41) is 19.9. The lowest BCUT2D eigenvalue weighted by molar-refractivity contribution is 0.0996. The van der Waals surface area contributed by atoms with E-state index in [2.05, 4.69) is 22.1 Å². The summed E-state index contributed by atoms with van der Waals surface area (Å²) in [6.45, 7) is 8.48. The molecule has 9 heteroatoms. The molecule has 9 nitrogen and oxygen atoms in total. The molecular formula is C25H34N8O. The Balaban J connectivity index is 1.67. The third-order valence-electron chi connectivity index (χ3n) is 6.68. The van der Waals surface area contributed by atoms with Crippen molar-refractivity contribution in [1.82, 2.24) is 20.2 Å². The van der Waals surface area contributed by atoms with Gasteiger partial charge in [0.1, 0.15) is 23.2 Å². The Labute approximate surface area is 201 Å². The minimum absolute atomic E-state index is 0.0901. The molecule has 3 N–H and O–H groups in total. The Morgan fingerprint density at radius 3 is 2.68 bits per heavy atom. The molecule has 0 radical (unpaired) electrons. The van der Waals surface area contributed by atoms with Crippen molar-refractivity contribution >= 4 is 29.2 Å². The van der Waals surface area contributed by atoms with Crippen molar-refractivity contribution in [2.45, 2.75) is 59.2 Å². The number of amides is 1. The number of rotatable bonds is 7. The van der Waals surface area contributed by atoms with Crippen LogP contribution in [-0.2, 0) is 13.1 Å². The van der Waals surface area contributed by atoms with Crippen LogP contribution >= 0.6 is 0 Å². The Morgan fingerprint density at radius 1 is 1.24 bits per heavy atom. The van der Waals surface area contributed by atoms with Gasteiger partial charge >= 0.3 is 0 Å². The maximum absolute atomic E-state index is 13.5. The Hall–Kier alpha value is -3.33. The quantitative estimate of drug-likeness (QED) is 0.430. The lowest BCUT2D eigenvalue weighted by Crippen LogP contribution is -2.36. The molecule has 0 aliphatic carbocycles. The average Bonchev–Trinajstić information content (AvgIpc) is 3.42. The topological polar surface area (TPSA) is 112 Å². The summed E-state index contributed by atoms with van der Waals surface area (Å²) in [4.78, 5) is 28.7. The van der Waals surface area contributed by atoms with Crippen LogP contribution < -0.4 is 15.1 Å². The molecule has 0 aromatic carbocycles. The fraction of sp³-hybridized carbons (Fsp3) is 0.480. The van der Waals surface area contributed by atoms with Gasteiger partial charge in [0.15, 0.2) is 5.84 Å². The Morgan fingerprint density at radius 2 is 2.03 bits per heavy atom. The third-order valence-corrected chi connectivity index (χ3v) is 6.68. The summed E-state index contributed by atoms with van der Waals surface area (Å²) >= 11 is 0. The van der Waals surface area contributed by atoms with E-state index in [1.54, 1.807) is 21.9 Å². The lowest BCUT2D eigenvalue weighted by atomic mass is 10.1. The molecule has 2 aromatic heterocycles. The summed E-state index contributed by atoms with van der Waals surface area (Å²) < 4.78 is 0. The van der Waals surface area contributed by atoms with Crippen molar-refractivity contribution in [3.63, 3.8) is 0 Å². The molecular weight excluding hydrogens is 428 g/mol. The number of hydrogen-bond donors (Lipinski definition) is 3. The molecule has 34 heavy (non-hydrogen) atoms. The van der Waals surface area contributed by atoms with Gasteiger partial charge in [0, 0.05) is 37.7 Å². The van der Waals surface area contributed by atoms with Gasteiger partial charge in [-0.05, 0) is 51.9 Å². The summed E-state index contributed by atoms with van der Waals surface area (Å²) in [6, 6.07) is 7.72. The molecule has 1 amide bonds. The Bertz CT molecular complexity index is 1110. The largest absolute Gasteiger partial charge is 0.354 e. The number of aromatic nitrogens is 2. The van der Waals surface area contributed by atoms with E-state index in [9.17, 15) is 4.79 Å². The van der Waals surface area contributed by atoms with Crippen molar-refractivity contribution in [1.29, 1.82) is 10.8 Å². The normalized spacial score (nSPS) is 17.3. The zero-order chi connectivity index (χ0) is 24.4. The van der Waals surface area contributed by atoms with E-state index in [0.717, 1.165) is 36.5 Å². The predicted molar refractivity (Wildman–Crippen MR) is 135 cm³/mol. The maximum Gasteiger partial charge on any atom is 0.260 e. The molecule has 0 spiro atoms. The van der Waals surface area contributed by atoms with Gasteiger partial charge in [-0.3, -0.25) is 20.5 Å². The molecule has 0 bridgehead atoms. The molecule has 1 saturated heterocycles. The second kappa shape index (κ2) is 9.89. The van der Waals surface area contributed by atoms with E-state index in [1.165, 1.54) is 0 Å². The van der Waals surface area contributed by atoms with Crippen LogP contribution in [0.15, 0.2) is 24.3 Å². The number of anilines is 2. The van der Waals surface area contributed by atoms with Crippen molar-refractivity contribution in [2.75, 3.05) is 29.9 Å². The maximum atomic E-state index is 13.5. The minimum Gasteiger partial charge on any atom is -0.354 e. The first-order valence-electron chi connectivity index (χ1n) is 12.1. The minimum atomic E-state index is -0.0901. The molecule has 1 fully saturated rings. The highest BCUT2D eigenvalue weighted by atomic mass is 16.2. The van der Waals surface area contributed by atoms with Gasteiger partial charge in [0.2, 0.25) is 0 Å². The van der Waals surface area contributed by atoms with Crippen molar-refractivity contribution in [3.05, 3.63) is 46.8 Å². The number of carbonyl (C=O) groups excluding carboxylic acids is 1. The SMILES string of the molecule is CCC(=N)N(CC)C(=N)c1cccc(N2Cc3c(cc(N4CCC[C@H]4C)nc3CNC)C2=O)n1. The zero-order valence-corrected chi connectivity index (χ0v) is 20.5. The van der Waals surface area contributed by atoms with Crippen LogP contribution in [0.25, 0.3) is 0 Å². The summed E-state index contributed by atoms with van der Waals surface area (Å²) in [5.41, 5.74) is 2.95. The standard InChI is InChI=1S/C25H34N8O/c1-5-21(26)31(6-2)24(27)19-10-7-11-22(29-19)33-15-18-17(25(33)34)13-23(30-20(18)14-28-4)32-12-8-9-16(32)3/h7,10-11,13,16,26-28H,5-6,8-9,12,14-15H2,1-4H3/t16-/m1/s1. The number of nitrogens with one attached hydrogen (secondary N) is 3. The van der Waals surface area contributed by atoms with Crippen molar-refractivity contribution in [3.8, 4) is 0 Å². The van der Waals surface area contributed by atoms with E-state index in [-0.39, 0.29) is 11.7 Å². The molecule has 1 atom stereocenters. The van der Waals surface area contributed by atoms with Gasteiger partial charge < -0.3 is 15.1 Å². The van der Waals surface area contributed by atoms with Gasteiger partial charge in [-0.1, -0.05) is 13.0 Å². The van der Waals surface area contributed by atoms with Crippen LogP contribution in [0.2, 0.25) is 0 Å². The van der Waals surface area contributed by atoms with Crippen LogP contribution in [-0.4, -0.2) is 58.6 Å².